The summed E-state index contributed by atoms with van der Waals surface area (Å²) in [5.41, 5.74) is -0.143. The normalized spacial score (nSPS) is 15.1. The third-order valence-corrected chi connectivity index (χ3v) is 3.58. The zero-order chi connectivity index (χ0) is 17.9. The van der Waals surface area contributed by atoms with Crippen molar-refractivity contribution >= 4 is 18.0 Å². The van der Waals surface area contributed by atoms with Gasteiger partial charge in [-0.05, 0) is 39.0 Å². The number of carbonyl (C=O) groups excluding carboxylic acids is 2. The van der Waals surface area contributed by atoms with Gasteiger partial charge in [0.15, 0.2) is 0 Å². The van der Waals surface area contributed by atoms with Crippen LogP contribution in [0.3, 0.4) is 0 Å². The van der Waals surface area contributed by atoms with E-state index in [2.05, 4.69) is 0 Å². The molecule has 130 valence electrons. The summed E-state index contributed by atoms with van der Waals surface area (Å²) in [4.78, 5) is 38.7. The third kappa shape index (κ3) is 4.47. The first-order valence-electron chi connectivity index (χ1n) is 7.78. The molecule has 24 heavy (non-hydrogen) atoms. The first kappa shape index (κ1) is 17.8. The fourth-order valence-electron chi connectivity index (χ4n) is 2.39. The van der Waals surface area contributed by atoms with E-state index in [0.29, 0.717) is 31.7 Å². The van der Waals surface area contributed by atoms with Crippen LogP contribution in [0.2, 0.25) is 0 Å². The second-order valence-electron chi connectivity index (χ2n) is 6.65. The second kappa shape index (κ2) is 6.90. The molecule has 1 fully saturated rings. The van der Waals surface area contributed by atoms with Crippen molar-refractivity contribution in [1.29, 1.82) is 0 Å². The Kier molecular flexibility index (Phi) is 5.11. The van der Waals surface area contributed by atoms with E-state index < -0.39 is 11.6 Å². The van der Waals surface area contributed by atoms with E-state index in [1.54, 1.807) is 42.7 Å². The average molecular weight is 334 g/mol. The van der Waals surface area contributed by atoms with E-state index >= 15 is 0 Å². The lowest BCUT2D eigenvalue weighted by Gasteiger charge is -2.35. The molecule has 2 amide bonds. The van der Waals surface area contributed by atoms with Crippen molar-refractivity contribution in [3.63, 3.8) is 0 Å². The lowest BCUT2D eigenvalue weighted by atomic mass is 10.1. The maximum absolute atomic E-state index is 12.5. The molecule has 1 aliphatic rings. The number of nitrogens with zero attached hydrogens (tertiary/aromatic N) is 2. The number of hydrogen-bond acceptors (Lipinski definition) is 4. The van der Waals surface area contributed by atoms with Crippen molar-refractivity contribution in [2.24, 2.45) is 0 Å². The maximum atomic E-state index is 12.5. The number of carbonyl (C=O) groups is 3. The van der Waals surface area contributed by atoms with E-state index in [0.717, 1.165) is 0 Å². The second-order valence-corrected chi connectivity index (χ2v) is 6.65. The smallest absolute Gasteiger partial charge is 0.410 e. The molecule has 1 aromatic carbocycles. The summed E-state index contributed by atoms with van der Waals surface area (Å²) in [7, 11) is 0. The highest BCUT2D eigenvalue weighted by Gasteiger charge is 2.28. The number of rotatable bonds is 2. The Bertz CT molecular complexity index is 643. The van der Waals surface area contributed by atoms with Gasteiger partial charge in [0, 0.05) is 31.7 Å². The summed E-state index contributed by atoms with van der Waals surface area (Å²) in [6.45, 7) is 6.96. The van der Waals surface area contributed by atoms with Crippen LogP contribution in [-0.2, 0) is 4.74 Å². The Hall–Kier alpha value is -2.57. The standard InChI is InChI=1S/C17H22N2O5/c1-17(2,3)24-16(23)19-9-7-18(8-10-19)14(20)12-5-4-6-13(11-12)15(21)22/h4-6,11H,7-10H2,1-3H3,(H,21,22). The van der Waals surface area contributed by atoms with Gasteiger partial charge in [-0.15, -0.1) is 0 Å². The van der Waals surface area contributed by atoms with Crippen LogP contribution in [0.15, 0.2) is 24.3 Å². The van der Waals surface area contributed by atoms with Crippen molar-refractivity contribution < 1.29 is 24.2 Å². The minimum absolute atomic E-state index is 0.0771. The lowest BCUT2D eigenvalue weighted by molar-refractivity contribution is 0.0140. The van der Waals surface area contributed by atoms with E-state index in [-0.39, 0.29) is 17.6 Å². The van der Waals surface area contributed by atoms with Gasteiger partial charge in [-0.3, -0.25) is 4.79 Å². The molecule has 1 saturated heterocycles. The quantitative estimate of drug-likeness (QED) is 0.895. The third-order valence-electron chi connectivity index (χ3n) is 3.58. The average Bonchev–Trinajstić information content (AvgIpc) is 2.53. The number of amides is 2. The van der Waals surface area contributed by atoms with Crippen LogP contribution in [0.5, 0.6) is 0 Å². The summed E-state index contributed by atoms with van der Waals surface area (Å²) in [6.07, 6.45) is -0.387. The highest BCUT2D eigenvalue weighted by Crippen LogP contribution is 2.14. The molecule has 1 aromatic rings. The lowest BCUT2D eigenvalue weighted by Crippen LogP contribution is -2.51. The molecule has 7 nitrogen and oxygen atoms in total. The number of benzene rings is 1. The molecule has 0 spiro atoms. The van der Waals surface area contributed by atoms with Crippen molar-refractivity contribution in [2.75, 3.05) is 26.2 Å². The van der Waals surface area contributed by atoms with Crippen molar-refractivity contribution in [3.05, 3.63) is 35.4 Å². The molecular formula is C17H22N2O5. The van der Waals surface area contributed by atoms with Crippen molar-refractivity contribution in [2.45, 2.75) is 26.4 Å². The van der Waals surface area contributed by atoms with Crippen molar-refractivity contribution in [1.82, 2.24) is 9.80 Å². The Balaban J connectivity index is 1.97. The molecule has 1 N–H and O–H groups in total. The first-order valence-corrected chi connectivity index (χ1v) is 7.78. The number of aromatic carboxylic acids is 1. The molecule has 0 aromatic heterocycles. The van der Waals surface area contributed by atoms with E-state index in [1.807, 2.05) is 0 Å². The van der Waals surface area contributed by atoms with Gasteiger partial charge in [-0.1, -0.05) is 6.07 Å². The zero-order valence-corrected chi connectivity index (χ0v) is 14.1. The molecule has 1 heterocycles. The summed E-state index contributed by atoms with van der Waals surface area (Å²) in [5.74, 6) is -1.30. The van der Waals surface area contributed by atoms with Gasteiger partial charge < -0.3 is 19.6 Å². The number of carboxylic acids is 1. The van der Waals surface area contributed by atoms with Gasteiger partial charge in [0.25, 0.3) is 5.91 Å². The van der Waals surface area contributed by atoms with Crippen LogP contribution in [0.1, 0.15) is 41.5 Å². The Morgan fingerprint density at radius 3 is 2.08 bits per heavy atom. The SMILES string of the molecule is CC(C)(C)OC(=O)N1CCN(C(=O)c2cccc(C(=O)O)c2)CC1. The molecule has 0 bridgehead atoms. The van der Waals surface area contributed by atoms with Crippen LogP contribution in [-0.4, -0.2) is 64.7 Å². The summed E-state index contributed by atoms with van der Waals surface area (Å²) < 4.78 is 5.32. The Labute approximate surface area is 140 Å². The molecule has 0 aliphatic carbocycles. The Morgan fingerprint density at radius 1 is 1.00 bits per heavy atom. The number of ether oxygens (including phenoxy) is 1. The van der Waals surface area contributed by atoms with Crippen LogP contribution >= 0.6 is 0 Å². The van der Waals surface area contributed by atoms with Gasteiger partial charge in [0.05, 0.1) is 5.56 Å². The predicted octanol–water partition coefficient (Wildman–Crippen LogP) is 2.08. The molecule has 1 aliphatic heterocycles. The Morgan fingerprint density at radius 2 is 1.54 bits per heavy atom. The maximum Gasteiger partial charge on any atom is 0.410 e. The van der Waals surface area contributed by atoms with Crippen LogP contribution in [0.4, 0.5) is 4.79 Å². The summed E-state index contributed by atoms with van der Waals surface area (Å²) in [5, 5.41) is 9.01. The molecular weight excluding hydrogens is 312 g/mol. The fourth-order valence-corrected chi connectivity index (χ4v) is 2.39. The minimum atomic E-state index is -1.07. The summed E-state index contributed by atoms with van der Waals surface area (Å²) >= 11 is 0. The first-order chi connectivity index (χ1) is 11.2. The van der Waals surface area contributed by atoms with Gasteiger partial charge >= 0.3 is 12.1 Å². The molecule has 7 heteroatoms. The van der Waals surface area contributed by atoms with Gasteiger partial charge in [-0.25, -0.2) is 9.59 Å². The number of hydrogen-bond donors (Lipinski definition) is 1. The van der Waals surface area contributed by atoms with E-state index in [4.69, 9.17) is 9.84 Å². The predicted molar refractivity (Wildman–Crippen MR) is 87.1 cm³/mol. The monoisotopic (exact) mass is 334 g/mol. The molecule has 0 saturated carbocycles. The fraction of sp³-hybridized carbons (Fsp3) is 0.471. The highest BCUT2D eigenvalue weighted by atomic mass is 16.6. The van der Waals surface area contributed by atoms with Gasteiger partial charge in [0.1, 0.15) is 5.60 Å². The molecule has 0 atom stereocenters. The summed E-state index contributed by atoms with van der Waals surface area (Å²) in [6, 6.07) is 5.95. The van der Waals surface area contributed by atoms with E-state index in [9.17, 15) is 14.4 Å². The molecule has 2 rings (SSSR count). The van der Waals surface area contributed by atoms with Gasteiger partial charge in [0.2, 0.25) is 0 Å². The van der Waals surface area contributed by atoms with E-state index in [1.165, 1.54) is 12.1 Å². The van der Waals surface area contributed by atoms with Crippen LogP contribution in [0, 0.1) is 0 Å². The number of piperazine rings is 1. The zero-order valence-electron chi connectivity index (χ0n) is 14.1. The van der Waals surface area contributed by atoms with Crippen molar-refractivity contribution in [3.8, 4) is 0 Å². The molecule has 0 radical (unpaired) electrons. The molecule has 0 unspecified atom stereocenters. The van der Waals surface area contributed by atoms with Crippen LogP contribution < -0.4 is 0 Å². The van der Waals surface area contributed by atoms with Gasteiger partial charge in [-0.2, -0.15) is 0 Å². The van der Waals surface area contributed by atoms with Crippen LogP contribution in [0.25, 0.3) is 0 Å². The topological polar surface area (TPSA) is 87.2 Å². The highest BCUT2D eigenvalue weighted by molar-refractivity contribution is 5.97. The largest absolute Gasteiger partial charge is 0.478 e. The number of carboxylic acid groups (broad SMARTS) is 1. The minimum Gasteiger partial charge on any atom is -0.478 e.